The molecule has 0 bridgehead atoms. The van der Waals surface area contributed by atoms with E-state index < -0.39 is 0 Å². The monoisotopic (exact) mass is 394 g/mol. The molecule has 0 aliphatic carbocycles. The molecule has 1 atom stereocenters. The summed E-state index contributed by atoms with van der Waals surface area (Å²) < 4.78 is 1.18. The van der Waals surface area contributed by atoms with E-state index in [0.29, 0.717) is 12.5 Å². The quantitative estimate of drug-likeness (QED) is 0.768. The zero-order chi connectivity index (χ0) is 13.0. The summed E-state index contributed by atoms with van der Waals surface area (Å²) in [6.45, 7) is 3.17. The van der Waals surface area contributed by atoms with E-state index in [0.717, 1.165) is 18.7 Å². The lowest BCUT2D eigenvalue weighted by Crippen LogP contribution is -2.23. The molecule has 1 unspecified atom stereocenters. The van der Waals surface area contributed by atoms with Crippen LogP contribution in [0.2, 0.25) is 0 Å². The number of anilines is 1. The lowest BCUT2D eigenvalue weighted by Gasteiger charge is -2.10. The highest BCUT2D eigenvalue weighted by Crippen LogP contribution is 2.18. The Morgan fingerprint density at radius 1 is 1.53 bits per heavy atom. The van der Waals surface area contributed by atoms with Crippen LogP contribution >= 0.6 is 35.0 Å². The summed E-state index contributed by atoms with van der Waals surface area (Å²) in [6, 6.07) is 6.55. The van der Waals surface area contributed by atoms with Crippen LogP contribution in [0.25, 0.3) is 0 Å². The molecule has 1 fully saturated rings. The molecule has 1 aromatic carbocycles. The fourth-order valence-electron chi connectivity index (χ4n) is 2.20. The van der Waals surface area contributed by atoms with E-state index >= 15 is 0 Å². The van der Waals surface area contributed by atoms with E-state index in [1.54, 1.807) is 0 Å². The molecule has 0 saturated carbocycles. The number of amides is 1. The maximum Gasteiger partial charge on any atom is 0.224 e. The molecule has 1 heterocycles. The Hall–Kier alpha value is -0.330. The van der Waals surface area contributed by atoms with Gasteiger partial charge >= 0.3 is 0 Å². The molecule has 3 nitrogen and oxygen atoms in total. The number of hydrogen-bond donors (Lipinski definition) is 2. The number of aryl methyl sites for hydroxylation is 1. The first-order chi connectivity index (χ1) is 8.65. The second-order valence-corrected chi connectivity index (χ2v) is 6.01. The van der Waals surface area contributed by atoms with Crippen molar-refractivity contribution in [2.24, 2.45) is 0 Å². The second kappa shape index (κ2) is 8.07. The number of nitrogens with one attached hydrogen (secondary N) is 2. The first-order valence-electron chi connectivity index (χ1n) is 6.44. The number of benzene rings is 1. The van der Waals surface area contributed by atoms with E-state index in [9.17, 15) is 4.79 Å². The molecule has 0 aromatic heterocycles. The van der Waals surface area contributed by atoms with Gasteiger partial charge in [0.25, 0.3) is 0 Å². The van der Waals surface area contributed by atoms with Crippen LogP contribution in [-0.4, -0.2) is 18.5 Å². The molecule has 2 N–H and O–H groups in total. The maximum absolute atomic E-state index is 11.8. The Balaban J connectivity index is 0.00000180. The lowest BCUT2D eigenvalue weighted by molar-refractivity contribution is -0.116. The van der Waals surface area contributed by atoms with Gasteiger partial charge in [0.15, 0.2) is 0 Å². The largest absolute Gasteiger partial charge is 0.326 e. The van der Waals surface area contributed by atoms with Crippen LogP contribution in [0.5, 0.6) is 0 Å². The highest BCUT2D eigenvalue weighted by Gasteiger charge is 2.15. The predicted octanol–water partition coefficient (Wildman–Crippen LogP) is 3.49. The summed E-state index contributed by atoms with van der Waals surface area (Å²) >= 11 is 2.29. The molecule has 1 aliphatic rings. The van der Waals surface area contributed by atoms with Crippen LogP contribution in [-0.2, 0) is 4.79 Å². The van der Waals surface area contributed by atoms with E-state index in [-0.39, 0.29) is 18.3 Å². The molecule has 0 spiro atoms. The van der Waals surface area contributed by atoms with Crippen LogP contribution in [0.4, 0.5) is 5.69 Å². The highest BCUT2D eigenvalue weighted by atomic mass is 127. The van der Waals surface area contributed by atoms with Crippen molar-refractivity contribution in [1.29, 1.82) is 0 Å². The molecule has 2 rings (SSSR count). The summed E-state index contributed by atoms with van der Waals surface area (Å²) in [7, 11) is 0. The van der Waals surface area contributed by atoms with Crippen molar-refractivity contribution in [3.8, 4) is 0 Å². The van der Waals surface area contributed by atoms with Crippen molar-refractivity contribution < 1.29 is 4.79 Å². The smallest absolute Gasteiger partial charge is 0.224 e. The molecule has 5 heteroatoms. The van der Waals surface area contributed by atoms with E-state index in [4.69, 9.17) is 0 Å². The highest BCUT2D eigenvalue weighted by molar-refractivity contribution is 14.1. The summed E-state index contributed by atoms with van der Waals surface area (Å²) in [4.78, 5) is 11.8. The fourth-order valence-corrected chi connectivity index (χ4v) is 2.72. The van der Waals surface area contributed by atoms with Gasteiger partial charge in [-0.2, -0.15) is 0 Å². The van der Waals surface area contributed by atoms with E-state index in [1.807, 2.05) is 18.2 Å². The molecular weight excluding hydrogens is 375 g/mol. The molecule has 19 heavy (non-hydrogen) atoms. The van der Waals surface area contributed by atoms with Gasteiger partial charge in [0.2, 0.25) is 5.91 Å². The van der Waals surface area contributed by atoms with E-state index in [2.05, 4.69) is 40.1 Å². The Bertz CT molecular complexity index is 433. The number of hydrogen-bond acceptors (Lipinski definition) is 2. The molecule has 1 saturated heterocycles. The van der Waals surface area contributed by atoms with Gasteiger partial charge in [-0.15, -0.1) is 12.4 Å². The minimum Gasteiger partial charge on any atom is -0.326 e. The third-order valence-electron chi connectivity index (χ3n) is 3.34. The van der Waals surface area contributed by atoms with Gasteiger partial charge in [-0.1, -0.05) is 6.07 Å². The van der Waals surface area contributed by atoms with Gasteiger partial charge in [-0.05, 0) is 73.0 Å². The van der Waals surface area contributed by atoms with Crippen LogP contribution in [0.3, 0.4) is 0 Å². The Kier molecular flexibility index (Phi) is 7.10. The van der Waals surface area contributed by atoms with Crippen molar-refractivity contribution in [3.05, 3.63) is 27.3 Å². The first kappa shape index (κ1) is 16.7. The minimum absolute atomic E-state index is 0. The number of rotatable bonds is 4. The van der Waals surface area contributed by atoms with Crippen LogP contribution in [0.1, 0.15) is 31.2 Å². The van der Waals surface area contributed by atoms with Gasteiger partial charge in [0.1, 0.15) is 0 Å². The molecule has 1 aliphatic heterocycles. The van der Waals surface area contributed by atoms with Crippen molar-refractivity contribution in [2.45, 2.75) is 38.6 Å². The molecule has 1 amide bonds. The number of halogens is 2. The van der Waals surface area contributed by atoms with Crippen molar-refractivity contribution in [1.82, 2.24) is 5.32 Å². The van der Waals surface area contributed by atoms with Gasteiger partial charge in [0.05, 0.1) is 0 Å². The van der Waals surface area contributed by atoms with Gasteiger partial charge in [-0.25, -0.2) is 0 Å². The predicted molar refractivity (Wildman–Crippen MR) is 90.0 cm³/mol. The van der Waals surface area contributed by atoms with Crippen molar-refractivity contribution in [3.63, 3.8) is 0 Å². The maximum atomic E-state index is 11.8. The van der Waals surface area contributed by atoms with Gasteiger partial charge in [0, 0.05) is 21.7 Å². The fraction of sp³-hybridized carbons (Fsp3) is 0.500. The Morgan fingerprint density at radius 2 is 2.32 bits per heavy atom. The first-order valence-corrected chi connectivity index (χ1v) is 7.52. The van der Waals surface area contributed by atoms with E-state index in [1.165, 1.54) is 22.0 Å². The summed E-state index contributed by atoms with van der Waals surface area (Å²) in [5.74, 6) is 0.114. The topological polar surface area (TPSA) is 41.1 Å². The second-order valence-electron chi connectivity index (χ2n) is 4.84. The average Bonchev–Trinajstić information content (AvgIpc) is 2.84. The third kappa shape index (κ3) is 5.28. The van der Waals surface area contributed by atoms with Crippen molar-refractivity contribution >= 4 is 46.6 Å². The average molecular weight is 395 g/mol. The summed E-state index contributed by atoms with van der Waals surface area (Å²) in [5, 5.41) is 6.37. The van der Waals surface area contributed by atoms with Gasteiger partial charge < -0.3 is 10.6 Å². The lowest BCUT2D eigenvalue weighted by atomic mass is 10.1. The van der Waals surface area contributed by atoms with Crippen molar-refractivity contribution in [2.75, 3.05) is 11.9 Å². The molecule has 106 valence electrons. The summed E-state index contributed by atoms with van der Waals surface area (Å²) in [6.07, 6.45) is 3.98. The molecular formula is C14H20ClIN2O. The third-order valence-corrected chi connectivity index (χ3v) is 4.50. The molecule has 0 radical (unpaired) electrons. The Morgan fingerprint density at radius 3 is 2.95 bits per heavy atom. The van der Waals surface area contributed by atoms with Crippen LogP contribution < -0.4 is 10.6 Å². The Labute approximate surface area is 134 Å². The minimum atomic E-state index is 0. The number of carbonyl (C=O) groups excluding carboxylic acids is 1. The van der Waals surface area contributed by atoms with Crippen LogP contribution in [0, 0.1) is 10.5 Å². The standard InChI is InChI=1S/C14H19IN2O.ClH/c1-10-4-5-12(9-13(10)15)17-14(18)7-6-11-3-2-8-16-11;/h4-5,9,11,16H,2-3,6-8H2,1H3,(H,17,18);1H. The zero-order valence-corrected chi connectivity index (χ0v) is 14.0. The SMILES string of the molecule is Cc1ccc(NC(=O)CCC2CCCN2)cc1I.Cl. The summed E-state index contributed by atoms with van der Waals surface area (Å²) in [5.41, 5.74) is 2.14. The zero-order valence-electron chi connectivity index (χ0n) is 11.0. The number of carbonyl (C=O) groups is 1. The van der Waals surface area contributed by atoms with Gasteiger partial charge in [-0.3, -0.25) is 4.79 Å². The normalized spacial score (nSPS) is 17.9. The molecule has 1 aromatic rings. The van der Waals surface area contributed by atoms with Crippen LogP contribution in [0.15, 0.2) is 18.2 Å².